The summed E-state index contributed by atoms with van der Waals surface area (Å²) in [5, 5.41) is 0. The van der Waals surface area contributed by atoms with Crippen molar-refractivity contribution in [3.05, 3.63) is 22.8 Å². The highest BCUT2D eigenvalue weighted by atomic mass is 32.2. The van der Waals surface area contributed by atoms with E-state index in [1.165, 1.54) is 4.31 Å². The van der Waals surface area contributed by atoms with E-state index in [9.17, 15) is 8.42 Å². The lowest BCUT2D eigenvalue weighted by atomic mass is 10.1. The Labute approximate surface area is 127 Å². The Bertz CT molecular complexity index is 615. The van der Waals surface area contributed by atoms with Crippen LogP contribution in [0, 0.1) is 20.8 Å². The van der Waals surface area contributed by atoms with Crippen LogP contribution in [0.25, 0.3) is 0 Å². The fraction of sp³-hybridized carbons (Fsp3) is 0.600. The zero-order chi connectivity index (χ0) is 15.8. The van der Waals surface area contributed by atoms with E-state index in [-0.39, 0.29) is 6.10 Å². The standard InChI is InChI=1S/C15H24N2O3S/c1-10-8-14(16)12(3)15(11(10)2)21(18,19)17-7-5-6-13(9-17)20-4/h8,13H,5-7,9,16H2,1-4H3. The van der Waals surface area contributed by atoms with Crippen LogP contribution in [0.15, 0.2) is 11.0 Å². The largest absolute Gasteiger partial charge is 0.398 e. The summed E-state index contributed by atoms with van der Waals surface area (Å²) in [6, 6.07) is 1.83. The quantitative estimate of drug-likeness (QED) is 0.866. The second-order valence-electron chi connectivity index (χ2n) is 5.72. The third-order valence-electron chi connectivity index (χ3n) is 4.35. The first kappa shape index (κ1) is 16.3. The van der Waals surface area contributed by atoms with Gasteiger partial charge in [0.25, 0.3) is 0 Å². The van der Waals surface area contributed by atoms with Gasteiger partial charge in [-0.25, -0.2) is 8.42 Å². The molecule has 5 nitrogen and oxygen atoms in total. The number of methoxy groups -OCH3 is 1. The zero-order valence-electron chi connectivity index (χ0n) is 13.1. The second kappa shape index (κ2) is 5.94. The van der Waals surface area contributed by atoms with Gasteiger partial charge in [0.15, 0.2) is 0 Å². The summed E-state index contributed by atoms with van der Waals surface area (Å²) < 4.78 is 32.9. The van der Waals surface area contributed by atoms with Crippen LogP contribution in [0.4, 0.5) is 5.69 Å². The molecule has 2 rings (SSSR count). The molecular formula is C15H24N2O3S. The lowest BCUT2D eigenvalue weighted by molar-refractivity contribution is 0.0571. The van der Waals surface area contributed by atoms with Crippen LogP contribution in [0.3, 0.4) is 0 Å². The molecule has 1 aromatic rings. The van der Waals surface area contributed by atoms with Crippen LogP contribution in [-0.4, -0.2) is 39.0 Å². The molecule has 1 fully saturated rings. The van der Waals surface area contributed by atoms with Crippen LogP contribution >= 0.6 is 0 Å². The predicted octanol–water partition coefficient (Wildman–Crippen LogP) is 1.99. The number of hydrogen-bond donors (Lipinski definition) is 1. The normalized spacial score (nSPS) is 20.7. The van der Waals surface area contributed by atoms with Crippen LogP contribution in [0.5, 0.6) is 0 Å². The van der Waals surface area contributed by atoms with Crippen molar-refractivity contribution in [2.24, 2.45) is 0 Å². The molecule has 0 spiro atoms. The molecule has 1 aliphatic rings. The minimum atomic E-state index is -3.54. The minimum absolute atomic E-state index is 0.0312. The number of nitrogens with zero attached hydrogens (tertiary/aromatic N) is 1. The van der Waals surface area contributed by atoms with Gasteiger partial charge in [0, 0.05) is 25.9 Å². The van der Waals surface area contributed by atoms with Crippen molar-refractivity contribution in [3.8, 4) is 0 Å². The van der Waals surface area contributed by atoms with E-state index in [2.05, 4.69) is 0 Å². The number of sulfonamides is 1. The first-order chi connectivity index (χ1) is 9.78. The molecule has 118 valence electrons. The zero-order valence-corrected chi connectivity index (χ0v) is 14.0. The van der Waals surface area contributed by atoms with E-state index < -0.39 is 10.0 Å². The number of hydrogen-bond acceptors (Lipinski definition) is 4. The number of nitrogen functional groups attached to an aromatic ring is 1. The summed E-state index contributed by atoms with van der Waals surface area (Å²) in [7, 11) is -1.91. The van der Waals surface area contributed by atoms with E-state index >= 15 is 0 Å². The van der Waals surface area contributed by atoms with Gasteiger partial charge >= 0.3 is 0 Å². The fourth-order valence-electron chi connectivity index (χ4n) is 2.87. The maximum absolute atomic E-state index is 13.0. The van der Waals surface area contributed by atoms with Crippen LogP contribution in [-0.2, 0) is 14.8 Å². The first-order valence-electron chi connectivity index (χ1n) is 7.18. The SMILES string of the molecule is COC1CCCN(S(=O)(=O)c2c(C)c(C)cc(N)c2C)C1. The van der Waals surface area contributed by atoms with E-state index in [4.69, 9.17) is 10.5 Å². The summed E-state index contributed by atoms with van der Waals surface area (Å²) in [4.78, 5) is 0.358. The topological polar surface area (TPSA) is 72.6 Å². The Balaban J connectivity index is 2.50. The number of rotatable bonds is 3. The number of benzene rings is 1. The predicted molar refractivity (Wildman–Crippen MR) is 83.9 cm³/mol. The number of aryl methyl sites for hydroxylation is 1. The van der Waals surface area contributed by atoms with Gasteiger partial charge in [-0.2, -0.15) is 4.31 Å². The summed E-state index contributed by atoms with van der Waals surface area (Å²) >= 11 is 0. The Hall–Kier alpha value is -1.11. The molecule has 1 aromatic carbocycles. The van der Waals surface area contributed by atoms with Gasteiger partial charge in [0.05, 0.1) is 11.0 Å². The molecule has 1 aliphatic heterocycles. The van der Waals surface area contributed by atoms with Gasteiger partial charge in [-0.3, -0.25) is 0 Å². The van der Waals surface area contributed by atoms with Crippen molar-refractivity contribution in [3.63, 3.8) is 0 Å². The van der Waals surface area contributed by atoms with Gasteiger partial charge in [-0.05, 0) is 56.4 Å². The highest BCUT2D eigenvalue weighted by Crippen LogP contribution is 2.31. The third-order valence-corrected chi connectivity index (χ3v) is 6.49. The maximum atomic E-state index is 13.0. The molecule has 0 amide bonds. The molecule has 21 heavy (non-hydrogen) atoms. The van der Waals surface area contributed by atoms with Gasteiger partial charge in [-0.1, -0.05) is 0 Å². The van der Waals surface area contributed by atoms with E-state index in [1.54, 1.807) is 14.0 Å². The third kappa shape index (κ3) is 2.93. The lowest BCUT2D eigenvalue weighted by Crippen LogP contribution is -2.43. The average Bonchev–Trinajstić information content (AvgIpc) is 2.45. The Kier molecular flexibility index (Phi) is 4.60. The van der Waals surface area contributed by atoms with E-state index in [0.717, 1.165) is 24.0 Å². The molecule has 6 heteroatoms. The molecule has 0 saturated carbocycles. The average molecular weight is 312 g/mol. The fourth-order valence-corrected chi connectivity index (χ4v) is 4.92. The Morgan fingerprint density at radius 1 is 1.29 bits per heavy atom. The molecule has 1 atom stereocenters. The molecule has 0 radical (unpaired) electrons. The maximum Gasteiger partial charge on any atom is 0.243 e. The first-order valence-corrected chi connectivity index (χ1v) is 8.62. The molecular weight excluding hydrogens is 288 g/mol. The van der Waals surface area contributed by atoms with Crippen LogP contribution in [0.2, 0.25) is 0 Å². The number of ether oxygens (including phenoxy) is 1. The van der Waals surface area contributed by atoms with Crippen molar-refractivity contribution in [1.82, 2.24) is 4.31 Å². The summed E-state index contributed by atoms with van der Waals surface area (Å²) in [6.45, 7) is 6.44. The second-order valence-corrected chi connectivity index (χ2v) is 7.60. The van der Waals surface area contributed by atoms with Gasteiger partial charge < -0.3 is 10.5 Å². The molecule has 1 unspecified atom stereocenters. The van der Waals surface area contributed by atoms with Gasteiger partial charge in [-0.15, -0.1) is 0 Å². The number of nitrogens with two attached hydrogens (primary N) is 1. The number of piperidine rings is 1. The monoisotopic (exact) mass is 312 g/mol. The summed E-state index contributed by atoms with van der Waals surface area (Å²) in [6.07, 6.45) is 1.68. The smallest absolute Gasteiger partial charge is 0.243 e. The van der Waals surface area contributed by atoms with Gasteiger partial charge in [0.2, 0.25) is 10.0 Å². The van der Waals surface area contributed by atoms with Crippen LogP contribution < -0.4 is 5.73 Å². The Morgan fingerprint density at radius 3 is 2.57 bits per heavy atom. The summed E-state index contributed by atoms with van der Waals surface area (Å²) in [5.41, 5.74) is 8.80. The highest BCUT2D eigenvalue weighted by Gasteiger charge is 2.33. The lowest BCUT2D eigenvalue weighted by Gasteiger charge is -2.32. The van der Waals surface area contributed by atoms with Crippen molar-refractivity contribution in [1.29, 1.82) is 0 Å². The van der Waals surface area contributed by atoms with Crippen molar-refractivity contribution >= 4 is 15.7 Å². The Morgan fingerprint density at radius 2 is 1.95 bits per heavy atom. The molecule has 1 saturated heterocycles. The minimum Gasteiger partial charge on any atom is -0.398 e. The van der Waals surface area contributed by atoms with Gasteiger partial charge in [0.1, 0.15) is 0 Å². The molecule has 1 heterocycles. The molecule has 0 aromatic heterocycles. The van der Waals surface area contributed by atoms with Crippen LogP contribution in [0.1, 0.15) is 29.5 Å². The molecule has 2 N–H and O–H groups in total. The van der Waals surface area contributed by atoms with Crippen molar-refractivity contribution in [2.75, 3.05) is 25.9 Å². The molecule has 0 bridgehead atoms. The van der Waals surface area contributed by atoms with Crippen molar-refractivity contribution < 1.29 is 13.2 Å². The highest BCUT2D eigenvalue weighted by molar-refractivity contribution is 7.89. The van der Waals surface area contributed by atoms with Crippen molar-refractivity contribution in [2.45, 2.75) is 44.6 Å². The number of anilines is 1. The molecule has 0 aliphatic carbocycles. The van der Waals surface area contributed by atoms with E-state index in [1.807, 2.05) is 19.9 Å². The van der Waals surface area contributed by atoms with E-state index in [0.29, 0.717) is 29.2 Å². The summed E-state index contributed by atoms with van der Waals surface area (Å²) in [5.74, 6) is 0.